The number of carbonyl (C=O) groups excluding carboxylic acids is 2. The smallest absolute Gasteiger partial charge is 0.326 e. The highest BCUT2D eigenvalue weighted by atomic mass is 16.4. The molecule has 3 amide bonds. The minimum Gasteiger partial charge on any atom is -0.480 e. The third kappa shape index (κ3) is 5.04. The highest BCUT2D eigenvalue weighted by molar-refractivity contribution is 5.87. The van der Waals surface area contributed by atoms with Crippen molar-refractivity contribution in [2.75, 3.05) is 19.6 Å². The fourth-order valence-electron chi connectivity index (χ4n) is 2.36. The minimum absolute atomic E-state index is 0.283. The number of likely N-dealkylation sites (tertiary alicyclic amines) is 1. The standard InChI is InChI=1S/C12H22N4O4/c1-2-16-5-3-4-8(16)7-14-12(20)15-9(11(18)19)6-10(13)17/h8-9H,2-7H2,1H3,(H2,13,17)(H,18,19)(H2,14,15,20)/t8?,9-/m1/s1. The average molecular weight is 286 g/mol. The maximum atomic E-state index is 11.6. The van der Waals surface area contributed by atoms with E-state index in [9.17, 15) is 14.4 Å². The molecule has 1 rings (SSSR count). The van der Waals surface area contributed by atoms with Crippen molar-refractivity contribution in [2.45, 2.75) is 38.3 Å². The lowest BCUT2D eigenvalue weighted by Crippen LogP contribution is -2.50. The van der Waals surface area contributed by atoms with E-state index in [4.69, 9.17) is 10.8 Å². The highest BCUT2D eigenvalue weighted by Gasteiger charge is 2.25. The molecule has 0 aromatic rings. The Hall–Kier alpha value is -1.83. The maximum Gasteiger partial charge on any atom is 0.326 e. The number of carboxylic acids is 1. The number of aliphatic carboxylic acids is 1. The molecular weight excluding hydrogens is 264 g/mol. The molecule has 0 aromatic carbocycles. The van der Waals surface area contributed by atoms with Crippen molar-refractivity contribution >= 4 is 17.9 Å². The van der Waals surface area contributed by atoms with Crippen LogP contribution in [0.5, 0.6) is 0 Å². The Balaban J connectivity index is 2.38. The number of nitrogens with one attached hydrogen (secondary N) is 2. The molecule has 1 unspecified atom stereocenters. The molecule has 1 aliphatic heterocycles. The van der Waals surface area contributed by atoms with E-state index in [1.54, 1.807) is 0 Å². The molecule has 0 aromatic heterocycles. The normalized spacial score (nSPS) is 20.4. The van der Waals surface area contributed by atoms with E-state index in [1.165, 1.54) is 0 Å². The predicted molar refractivity (Wildman–Crippen MR) is 72.0 cm³/mol. The van der Waals surface area contributed by atoms with Crippen molar-refractivity contribution in [3.8, 4) is 0 Å². The Morgan fingerprint density at radius 3 is 2.70 bits per heavy atom. The molecule has 1 aliphatic rings. The van der Waals surface area contributed by atoms with Gasteiger partial charge in [0.05, 0.1) is 6.42 Å². The lowest BCUT2D eigenvalue weighted by Gasteiger charge is -2.23. The highest BCUT2D eigenvalue weighted by Crippen LogP contribution is 2.15. The van der Waals surface area contributed by atoms with Gasteiger partial charge >= 0.3 is 12.0 Å². The van der Waals surface area contributed by atoms with Crippen molar-refractivity contribution in [3.05, 3.63) is 0 Å². The van der Waals surface area contributed by atoms with E-state index in [0.29, 0.717) is 6.54 Å². The summed E-state index contributed by atoms with van der Waals surface area (Å²) in [5.74, 6) is -2.05. The van der Waals surface area contributed by atoms with Gasteiger partial charge in [-0.1, -0.05) is 6.92 Å². The second-order valence-electron chi connectivity index (χ2n) is 4.84. The molecule has 8 nitrogen and oxygen atoms in total. The molecule has 114 valence electrons. The van der Waals surface area contributed by atoms with Crippen molar-refractivity contribution < 1.29 is 19.5 Å². The largest absolute Gasteiger partial charge is 0.480 e. The first-order valence-electron chi connectivity index (χ1n) is 6.73. The molecule has 0 bridgehead atoms. The van der Waals surface area contributed by atoms with Crippen LogP contribution in [-0.2, 0) is 9.59 Å². The van der Waals surface area contributed by atoms with E-state index < -0.39 is 30.4 Å². The van der Waals surface area contributed by atoms with Crippen LogP contribution in [0.25, 0.3) is 0 Å². The van der Waals surface area contributed by atoms with Gasteiger partial charge in [0.25, 0.3) is 0 Å². The van der Waals surface area contributed by atoms with Gasteiger partial charge in [0.15, 0.2) is 0 Å². The SMILES string of the molecule is CCN1CCCC1CNC(=O)N[C@H](CC(N)=O)C(=O)O. The summed E-state index contributed by atoms with van der Waals surface area (Å²) in [5.41, 5.74) is 4.94. The number of carbonyl (C=O) groups is 3. The van der Waals surface area contributed by atoms with Crippen molar-refractivity contribution in [3.63, 3.8) is 0 Å². The van der Waals surface area contributed by atoms with Crippen LogP contribution in [-0.4, -0.2) is 59.6 Å². The number of nitrogens with zero attached hydrogens (tertiary/aromatic N) is 1. The summed E-state index contributed by atoms with van der Waals surface area (Å²) in [6.45, 7) is 4.46. The summed E-state index contributed by atoms with van der Waals surface area (Å²) in [6, 6.07) is -1.61. The quantitative estimate of drug-likeness (QED) is 0.482. The van der Waals surface area contributed by atoms with Crippen molar-refractivity contribution in [1.29, 1.82) is 0 Å². The van der Waals surface area contributed by atoms with Gasteiger partial charge in [-0.2, -0.15) is 0 Å². The molecule has 0 aliphatic carbocycles. The van der Waals surface area contributed by atoms with E-state index in [0.717, 1.165) is 25.9 Å². The number of nitrogens with two attached hydrogens (primary N) is 1. The molecule has 5 N–H and O–H groups in total. The monoisotopic (exact) mass is 286 g/mol. The van der Waals surface area contributed by atoms with Gasteiger partial charge in [-0.05, 0) is 25.9 Å². The van der Waals surface area contributed by atoms with Crippen molar-refractivity contribution in [1.82, 2.24) is 15.5 Å². The molecule has 1 heterocycles. The number of rotatable bonds is 7. The van der Waals surface area contributed by atoms with Crippen LogP contribution in [0.2, 0.25) is 0 Å². The minimum atomic E-state index is -1.29. The summed E-state index contributed by atoms with van der Waals surface area (Å²) in [6.07, 6.45) is 1.69. The van der Waals surface area contributed by atoms with Crippen molar-refractivity contribution in [2.24, 2.45) is 5.73 Å². The number of urea groups is 1. The lowest BCUT2D eigenvalue weighted by atomic mass is 10.2. The molecule has 0 saturated carbocycles. The summed E-state index contributed by atoms with van der Waals surface area (Å²) in [7, 11) is 0. The fraction of sp³-hybridized carbons (Fsp3) is 0.750. The third-order valence-corrected chi connectivity index (χ3v) is 3.41. The number of hydrogen-bond donors (Lipinski definition) is 4. The van der Waals surface area contributed by atoms with Gasteiger partial charge in [0.2, 0.25) is 5.91 Å². The zero-order chi connectivity index (χ0) is 15.1. The Morgan fingerprint density at radius 2 is 2.15 bits per heavy atom. The zero-order valence-corrected chi connectivity index (χ0v) is 11.6. The molecule has 0 spiro atoms. The zero-order valence-electron chi connectivity index (χ0n) is 11.6. The second-order valence-corrected chi connectivity index (χ2v) is 4.84. The lowest BCUT2D eigenvalue weighted by molar-refractivity contribution is -0.140. The number of hydrogen-bond acceptors (Lipinski definition) is 4. The number of carboxylic acid groups (broad SMARTS) is 1. The Kier molecular flexibility index (Phi) is 6.23. The van der Waals surface area contributed by atoms with Gasteiger partial charge in [-0.25, -0.2) is 9.59 Å². The van der Waals surface area contributed by atoms with Crippen LogP contribution in [0.1, 0.15) is 26.2 Å². The predicted octanol–water partition coefficient (Wildman–Crippen LogP) is -0.901. The van der Waals surface area contributed by atoms with Gasteiger partial charge in [-0.15, -0.1) is 0 Å². The van der Waals surface area contributed by atoms with E-state index in [1.807, 2.05) is 0 Å². The van der Waals surface area contributed by atoms with Gasteiger partial charge in [0, 0.05) is 12.6 Å². The number of primary amides is 1. The van der Waals surface area contributed by atoms with Crippen LogP contribution in [0, 0.1) is 0 Å². The number of amides is 3. The molecule has 20 heavy (non-hydrogen) atoms. The van der Waals surface area contributed by atoms with Gasteiger partial charge in [-0.3, -0.25) is 9.69 Å². The third-order valence-electron chi connectivity index (χ3n) is 3.41. The first-order valence-corrected chi connectivity index (χ1v) is 6.73. The van der Waals surface area contributed by atoms with Gasteiger partial charge < -0.3 is 21.5 Å². The first-order chi connectivity index (χ1) is 9.43. The Morgan fingerprint density at radius 1 is 1.45 bits per heavy atom. The molecule has 1 fully saturated rings. The average Bonchev–Trinajstić information content (AvgIpc) is 2.82. The van der Waals surface area contributed by atoms with Crippen LogP contribution in [0.3, 0.4) is 0 Å². The summed E-state index contributed by atoms with van der Waals surface area (Å²) in [4.78, 5) is 35.5. The summed E-state index contributed by atoms with van der Waals surface area (Å²) >= 11 is 0. The molecule has 8 heteroatoms. The van der Waals surface area contributed by atoms with E-state index >= 15 is 0 Å². The van der Waals surface area contributed by atoms with E-state index in [-0.39, 0.29) is 6.04 Å². The Bertz CT molecular complexity index is 374. The fourth-order valence-corrected chi connectivity index (χ4v) is 2.36. The first kappa shape index (κ1) is 16.2. The topological polar surface area (TPSA) is 125 Å². The number of likely N-dealkylation sites (N-methyl/N-ethyl adjacent to an activating group) is 1. The molecule has 1 saturated heterocycles. The second kappa shape index (κ2) is 7.68. The Labute approximate surface area is 117 Å². The molecule has 2 atom stereocenters. The van der Waals surface area contributed by atoms with Gasteiger partial charge in [0.1, 0.15) is 6.04 Å². The van der Waals surface area contributed by atoms with Crippen LogP contribution in [0.4, 0.5) is 4.79 Å². The van der Waals surface area contributed by atoms with Crippen LogP contribution in [0.15, 0.2) is 0 Å². The summed E-state index contributed by atoms with van der Waals surface area (Å²) in [5, 5.41) is 13.7. The van der Waals surface area contributed by atoms with E-state index in [2.05, 4.69) is 22.5 Å². The molecule has 0 radical (unpaired) electrons. The van der Waals surface area contributed by atoms with Crippen LogP contribution < -0.4 is 16.4 Å². The summed E-state index contributed by atoms with van der Waals surface area (Å²) < 4.78 is 0. The van der Waals surface area contributed by atoms with Crippen LogP contribution >= 0.6 is 0 Å². The molecular formula is C12H22N4O4. The maximum absolute atomic E-state index is 11.6.